The number of hydrogen-bond acceptors (Lipinski definition) is 5. The first-order valence-corrected chi connectivity index (χ1v) is 9.68. The molecule has 0 unspecified atom stereocenters. The summed E-state index contributed by atoms with van der Waals surface area (Å²) in [5.74, 6) is 1.70. The molecule has 0 aromatic heterocycles. The third-order valence-corrected chi connectivity index (χ3v) is 4.25. The number of thiocarbonyl (C=S) groups is 1. The summed E-state index contributed by atoms with van der Waals surface area (Å²) in [7, 11) is 1.63. The Labute approximate surface area is 180 Å². The Morgan fingerprint density at radius 1 is 0.900 bits per heavy atom. The van der Waals surface area contributed by atoms with E-state index in [0.29, 0.717) is 23.8 Å². The quantitative estimate of drug-likeness (QED) is 0.531. The van der Waals surface area contributed by atoms with Crippen molar-refractivity contribution in [3.8, 4) is 17.2 Å². The van der Waals surface area contributed by atoms with E-state index >= 15 is 0 Å². The highest BCUT2D eigenvalue weighted by Gasteiger charge is 2.07. The van der Waals surface area contributed by atoms with Gasteiger partial charge in [0.15, 0.2) is 11.7 Å². The molecule has 0 radical (unpaired) electrons. The SMILES string of the molecule is COc1ccccc1COc1cccc(NC(=S)NC(=O)COc2ccccc2)c1. The van der Waals surface area contributed by atoms with Crippen LogP contribution in [0.4, 0.5) is 5.69 Å². The molecular formula is C23H22N2O4S. The number of carbonyl (C=O) groups excluding carboxylic acids is 1. The van der Waals surface area contributed by atoms with Gasteiger partial charge in [-0.2, -0.15) is 0 Å². The summed E-state index contributed by atoms with van der Waals surface area (Å²) in [6.07, 6.45) is 0. The third-order valence-electron chi connectivity index (χ3n) is 4.04. The zero-order chi connectivity index (χ0) is 21.2. The van der Waals surface area contributed by atoms with Gasteiger partial charge < -0.3 is 19.5 Å². The van der Waals surface area contributed by atoms with Gasteiger partial charge in [0.1, 0.15) is 23.9 Å². The number of nitrogens with one attached hydrogen (secondary N) is 2. The van der Waals surface area contributed by atoms with Crippen molar-refractivity contribution >= 4 is 28.9 Å². The van der Waals surface area contributed by atoms with E-state index in [0.717, 1.165) is 11.3 Å². The van der Waals surface area contributed by atoms with Crippen molar-refractivity contribution in [2.75, 3.05) is 19.0 Å². The van der Waals surface area contributed by atoms with E-state index < -0.39 is 0 Å². The van der Waals surface area contributed by atoms with E-state index in [9.17, 15) is 4.79 Å². The summed E-state index contributed by atoms with van der Waals surface area (Å²) in [6, 6.07) is 24.1. The molecule has 0 bridgehead atoms. The van der Waals surface area contributed by atoms with Crippen LogP contribution in [0.5, 0.6) is 17.2 Å². The van der Waals surface area contributed by atoms with E-state index in [1.54, 1.807) is 25.3 Å². The first-order chi connectivity index (χ1) is 14.6. The normalized spacial score (nSPS) is 10.0. The Morgan fingerprint density at radius 3 is 2.43 bits per heavy atom. The molecule has 0 heterocycles. The van der Waals surface area contributed by atoms with Crippen LogP contribution in [0.1, 0.15) is 5.56 Å². The van der Waals surface area contributed by atoms with Crippen molar-refractivity contribution in [2.45, 2.75) is 6.61 Å². The zero-order valence-corrected chi connectivity index (χ0v) is 17.3. The second-order valence-electron chi connectivity index (χ2n) is 6.23. The van der Waals surface area contributed by atoms with Crippen LogP contribution in [-0.2, 0) is 11.4 Å². The smallest absolute Gasteiger partial charge is 0.264 e. The Bertz CT molecular complexity index is 995. The van der Waals surface area contributed by atoms with Gasteiger partial charge >= 0.3 is 0 Å². The molecule has 3 aromatic carbocycles. The van der Waals surface area contributed by atoms with Gasteiger partial charge in [0.25, 0.3) is 5.91 Å². The molecule has 1 amide bonds. The lowest BCUT2D eigenvalue weighted by atomic mass is 10.2. The molecule has 30 heavy (non-hydrogen) atoms. The summed E-state index contributed by atoms with van der Waals surface area (Å²) in [5, 5.41) is 5.74. The van der Waals surface area contributed by atoms with E-state index in [1.807, 2.05) is 60.7 Å². The number of methoxy groups -OCH3 is 1. The minimum absolute atomic E-state index is 0.131. The van der Waals surface area contributed by atoms with Gasteiger partial charge in [0, 0.05) is 17.3 Å². The Balaban J connectivity index is 1.49. The van der Waals surface area contributed by atoms with Crippen LogP contribution in [0.25, 0.3) is 0 Å². The van der Waals surface area contributed by atoms with E-state index in [-0.39, 0.29) is 17.6 Å². The van der Waals surface area contributed by atoms with Crippen molar-refractivity contribution in [1.29, 1.82) is 0 Å². The molecule has 3 rings (SSSR count). The predicted octanol–water partition coefficient (Wildman–Crippen LogP) is 4.17. The zero-order valence-electron chi connectivity index (χ0n) is 16.5. The highest BCUT2D eigenvalue weighted by Crippen LogP contribution is 2.22. The van der Waals surface area contributed by atoms with Gasteiger partial charge in [-0.1, -0.05) is 42.5 Å². The lowest BCUT2D eigenvalue weighted by Gasteiger charge is -2.13. The Morgan fingerprint density at radius 2 is 1.63 bits per heavy atom. The topological polar surface area (TPSA) is 68.8 Å². The standard InChI is InChI=1S/C23H22N2O4S/c1-27-21-13-6-5-8-17(21)15-28-20-12-7-9-18(14-20)24-23(30)25-22(26)16-29-19-10-3-2-4-11-19/h2-14H,15-16H2,1H3,(H2,24,25,26,30). The van der Waals surface area contributed by atoms with Crippen molar-refractivity contribution in [3.05, 3.63) is 84.4 Å². The molecule has 3 aromatic rings. The summed E-state index contributed by atoms with van der Waals surface area (Å²) >= 11 is 5.20. The van der Waals surface area contributed by atoms with E-state index in [4.69, 9.17) is 26.4 Å². The van der Waals surface area contributed by atoms with Gasteiger partial charge in [-0.05, 0) is 42.5 Å². The number of benzene rings is 3. The number of carbonyl (C=O) groups is 1. The molecule has 0 aliphatic rings. The summed E-state index contributed by atoms with van der Waals surface area (Å²) in [4.78, 5) is 12.0. The number of rotatable bonds is 8. The third kappa shape index (κ3) is 6.49. The van der Waals surface area contributed by atoms with Gasteiger partial charge in [0.2, 0.25) is 0 Å². The first kappa shape index (κ1) is 21.1. The average Bonchev–Trinajstić information content (AvgIpc) is 2.77. The molecule has 0 saturated heterocycles. The molecule has 0 atom stereocenters. The summed E-state index contributed by atoms with van der Waals surface area (Å²) in [6.45, 7) is 0.235. The van der Waals surface area contributed by atoms with Crippen LogP contribution in [0, 0.1) is 0 Å². The maximum atomic E-state index is 12.0. The van der Waals surface area contributed by atoms with Crippen LogP contribution < -0.4 is 24.8 Å². The van der Waals surface area contributed by atoms with Gasteiger partial charge in [-0.15, -0.1) is 0 Å². The van der Waals surface area contributed by atoms with E-state index in [1.165, 1.54) is 0 Å². The molecular weight excluding hydrogens is 400 g/mol. The monoisotopic (exact) mass is 422 g/mol. The van der Waals surface area contributed by atoms with Crippen LogP contribution in [0.2, 0.25) is 0 Å². The molecule has 7 heteroatoms. The molecule has 0 fully saturated rings. The second kappa shape index (κ2) is 10.8. The minimum atomic E-state index is -0.347. The predicted molar refractivity (Wildman–Crippen MR) is 120 cm³/mol. The maximum absolute atomic E-state index is 12.0. The fraction of sp³-hybridized carbons (Fsp3) is 0.130. The molecule has 2 N–H and O–H groups in total. The van der Waals surface area contributed by atoms with Crippen LogP contribution in [-0.4, -0.2) is 24.7 Å². The fourth-order valence-corrected chi connectivity index (χ4v) is 2.87. The summed E-state index contributed by atoms with van der Waals surface area (Å²) < 4.78 is 16.6. The molecule has 0 saturated carbocycles. The number of amides is 1. The fourth-order valence-electron chi connectivity index (χ4n) is 2.64. The molecule has 6 nitrogen and oxygen atoms in total. The largest absolute Gasteiger partial charge is 0.496 e. The van der Waals surface area contributed by atoms with Crippen molar-refractivity contribution in [2.24, 2.45) is 0 Å². The molecule has 0 aliphatic heterocycles. The maximum Gasteiger partial charge on any atom is 0.264 e. The Kier molecular flexibility index (Phi) is 7.63. The van der Waals surface area contributed by atoms with Crippen molar-refractivity contribution in [3.63, 3.8) is 0 Å². The lowest BCUT2D eigenvalue weighted by Crippen LogP contribution is -2.37. The van der Waals surface area contributed by atoms with Gasteiger partial charge in [0.05, 0.1) is 7.11 Å². The minimum Gasteiger partial charge on any atom is -0.496 e. The lowest BCUT2D eigenvalue weighted by molar-refractivity contribution is -0.121. The van der Waals surface area contributed by atoms with Gasteiger partial charge in [-0.25, -0.2) is 0 Å². The highest BCUT2D eigenvalue weighted by molar-refractivity contribution is 7.80. The number of ether oxygens (including phenoxy) is 3. The van der Waals surface area contributed by atoms with Gasteiger partial charge in [-0.3, -0.25) is 10.1 Å². The molecule has 154 valence electrons. The number of anilines is 1. The highest BCUT2D eigenvalue weighted by atomic mass is 32.1. The molecule has 0 spiro atoms. The first-order valence-electron chi connectivity index (χ1n) is 9.27. The second-order valence-corrected chi connectivity index (χ2v) is 6.64. The van der Waals surface area contributed by atoms with Crippen LogP contribution in [0.3, 0.4) is 0 Å². The van der Waals surface area contributed by atoms with Crippen LogP contribution >= 0.6 is 12.2 Å². The Hall–Kier alpha value is -3.58. The number of hydrogen-bond donors (Lipinski definition) is 2. The van der Waals surface area contributed by atoms with Crippen molar-refractivity contribution in [1.82, 2.24) is 5.32 Å². The average molecular weight is 423 g/mol. The number of para-hydroxylation sites is 2. The van der Waals surface area contributed by atoms with Crippen molar-refractivity contribution < 1.29 is 19.0 Å². The summed E-state index contributed by atoms with van der Waals surface area (Å²) in [5.41, 5.74) is 1.64. The van der Waals surface area contributed by atoms with Crippen LogP contribution in [0.15, 0.2) is 78.9 Å². The van der Waals surface area contributed by atoms with E-state index in [2.05, 4.69) is 10.6 Å². The molecule has 0 aliphatic carbocycles.